The highest BCUT2D eigenvalue weighted by Crippen LogP contribution is 2.16. The standard InChI is InChI=1S/C28H32N2O4/c1-3-21(2)29-27(31)26(30-28(32)34-20-24-12-8-5-9-13-24)18-22-14-16-25(17-15-22)33-19-23-10-6-4-7-11-23/h4-17,21,26H,3,18-20H2,1-2H3,(H,29,31)(H,30,32)/t21-,26+/m0/s1. The maximum atomic E-state index is 12.8. The third-order valence-electron chi connectivity index (χ3n) is 5.43. The Bertz CT molecular complexity index is 1020. The summed E-state index contributed by atoms with van der Waals surface area (Å²) in [6, 6.07) is 26.2. The first-order valence-electron chi connectivity index (χ1n) is 11.6. The Morgan fingerprint density at radius 1 is 0.765 bits per heavy atom. The molecule has 0 saturated heterocycles. The number of nitrogens with one attached hydrogen (secondary N) is 2. The smallest absolute Gasteiger partial charge is 0.408 e. The zero-order valence-corrected chi connectivity index (χ0v) is 19.7. The molecule has 0 radical (unpaired) electrons. The normalized spacial score (nSPS) is 12.3. The molecule has 34 heavy (non-hydrogen) atoms. The molecule has 0 spiro atoms. The Morgan fingerprint density at radius 3 is 1.94 bits per heavy atom. The first-order chi connectivity index (χ1) is 16.5. The average Bonchev–Trinajstić information content (AvgIpc) is 2.87. The van der Waals surface area contributed by atoms with Crippen LogP contribution in [0.5, 0.6) is 5.75 Å². The van der Waals surface area contributed by atoms with Crippen molar-refractivity contribution in [2.75, 3.05) is 0 Å². The van der Waals surface area contributed by atoms with Crippen molar-refractivity contribution in [1.29, 1.82) is 0 Å². The molecular weight excluding hydrogens is 428 g/mol. The minimum absolute atomic E-state index is 0.00546. The van der Waals surface area contributed by atoms with E-state index in [4.69, 9.17) is 9.47 Å². The Balaban J connectivity index is 1.59. The van der Waals surface area contributed by atoms with Crippen LogP contribution in [0.4, 0.5) is 4.79 Å². The summed E-state index contributed by atoms with van der Waals surface area (Å²) in [5.41, 5.74) is 2.87. The van der Waals surface area contributed by atoms with Gasteiger partial charge in [-0.3, -0.25) is 4.79 Å². The quantitative estimate of drug-likeness (QED) is 0.421. The minimum atomic E-state index is -0.756. The van der Waals surface area contributed by atoms with Gasteiger partial charge in [-0.25, -0.2) is 4.79 Å². The van der Waals surface area contributed by atoms with Crippen LogP contribution in [0.2, 0.25) is 0 Å². The molecule has 3 aromatic rings. The van der Waals surface area contributed by atoms with Crippen LogP contribution >= 0.6 is 0 Å². The van der Waals surface area contributed by atoms with Gasteiger partial charge in [-0.05, 0) is 42.2 Å². The molecule has 0 aromatic heterocycles. The van der Waals surface area contributed by atoms with Gasteiger partial charge < -0.3 is 20.1 Å². The Hall–Kier alpha value is -3.80. The van der Waals surface area contributed by atoms with E-state index in [1.54, 1.807) is 0 Å². The number of hydrogen-bond donors (Lipinski definition) is 2. The van der Waals surface area contributed by atoms with Gasteiger partial charge in [0.2, 0.25) is 5.91 Å². The monoisotopic (exact) mass is 460 g/mol. The van der Waals surface area contributed by atoms with E-state index in [0.717, 1.165) is 28.9 Å². The number of rotatable bonds is 11. The zero-order chi connectivity index (χ0) is 24.2. The van der Waals surface area contributed by atoms with Crippen LogP contribution < -0.4 is 15.4 Å². The van der Waals surface area contributed by atoms with Crippen molar-refractivity contribution in [3.05, 3.63) is 102 Å². The Kier molecular flexibility index (Phi) is 9.52. The molecule has 6 heteroatoms. The van der Waals surface area contributed by atoms with Crippen molar-refractivity contribution >= 4 is 12.0 Å². The van der Waals surface area contributed by atoms with Crippen LogP contribution in [0.25, 0.3) is 0 Å². The highest BCUT2D eigenvalue weighted by Gasteiger charge is 2.23. The molecule has 0 saturated carbocycles. The molecule has 2 atom stereocenters. The van der Waals surface area contributed by atoms with Crippen LogP contribution in [0, 0.1) is 0 Å². The van der Waals surface area contributed by atoms with Gasteiger partial charge >= 0.3 is 6.09 Å². The van der Waals surface area contributed by atoms with Gasteiger partial charge in [0, 0.05) is 12.5 Å². The lowest BCUT2D eigenvalue weighted by atomic mass is 10.0. The van der Waals surface area contributed by atoms with Gasteiger partial charge in [-0.1, -0.05) is 79.7 Å². The van der Waals surface area contributed by atoms with Gasteiger partial charge in [0.05, 0.1) is 0 Å². The largest absolute Gasteiger partial charge is 0.489 e. The summed E-state index contributed by atoms with van der Waals surface area (Å²) in [5.74, 6) is 0.499. The zero-order valence-electron chi connectivity index (χ0n) is 19.7. The molecule has 0 bridgehead atoms. The molecule has 0 aliphatic rings. The summed E-state index contributed by atoms with van der Waals surface area (Å²) in [4.78, 5) is 25.3. The summed E-state index contributed by atoms with van der Waals surface area (Å²) in [7, 11) is 0. The summed E-state index contributed by atoms with van der Waals surface area (Å²) in [5, 5.41) is 5.67. The molecule has 3 aromatic carbocycles. The van der Waals surface area contributed by atoms with Crippen LogP contribution in [-0.4, -0.2) is 24.1 Å². The second kappa shape index (κ2) is 13.0. The Labute approximate surface area is 201 Å². The van der Waals surface area contributed by atoms with Crippen LogP contribution in [0.15, 0.2) is 84.9 Å². The van der Waals surface area contributed by atoms with Crippen molar-refractivity contribution in [2.24, 2.45) is 0 Å². The first kappa shape index (κ1) is 24.8. The number of amides is 2. The molecular formula is C28H32N2O4. The molecule has 0 heterocycles. The third-order valence-corrected chi connectivity index (χ3v) is 5.43. The second-order valence-electron chi connectivity index (χ2n) is 8.20. The van der Waals surface area contributed by atoms with Crippen molar-refractivity contribution in [3.8, 4) is 5.75 Å². The van der Waals surface area contributed by atoms with E-state index in [9.17, 15) is 9.59 Å². The van der Waals surface area contributed by atoms with Crippen molar-refractivity contribution in [3.63, 3.8) is 0 Å². The summed E-state index contributed by atoms with van der Waals surface area (Å²) >= 11 is 0. The average molecular weight is 461 g/mol. The van der Waals surface area contributed by atoms with E-state index in [2.05, 4.69) is 10.6 Å². The third kappa shape index (κ3) is 8.28. The lowest BCUT2D eigenvalue weighted by molar-refractivity contribution is -0.123. The number of alkyl carbamates (subject to hydrolysis) is 1. The summed E-state index contributed by atoms with van der Waals surface area (Å²) in [6.45, 7) is 4.55. The van der Waals surface area contributed by atoms with Gasteiger partial charge in [-0.2, -0.15) is 0 Å². The van der Waals surface area contributed by atoms with Gasteiger partial charge in [0.1, 0.15) is 25.0 Å². The summed E-state index contributed by atoms with van der Waals surface area (Å²) in [6.07, 6.45) is 0.502. The molecule has 0 fully saturated rings. The van der Waals surface area contributed by atoms with Gasteiger partial charge in [0.15, 0.2) is 0 Å². The van der Waals surface area contributed by atoms with E-state index in [-0.39, 0.29) is 18.6 Å². The van der Waals surface area contributed by atoms with E-state index in [1.807, 2.05) is 98.8 Å². The van der Waals surface area contributed by atoms with Crippen LogP contribution in [0.3, 0.4) is 0 Å². The molecule has 6 nitrogen and oxygen atoms in total. The van der Waals surface area contributed by atoms with E-state index >= 15 is 0 Å². The lowest BCUT2D eigenvalue weighted by Crippen LogP contribution is -2.50. The number of carbonyl (C=O) groups is 2. The molecule has 3 rings (SSSR count). The highest BCUT2D eigenvalue weighted by atomic mass is 16.5. The molecule has 0 aliphatic heterocycles. The number of ether oxygens (including phenoxy) is 2. The fourth-order valence-corrected chi connectivity index (χ4v) is 3.26. The minimum Gasteiger partial charge on any atom is -0.489 e. The topological polar surface area (TPSA) is 76.7 Å². The van der Waals surface area contributed by atoms with Crippen LogP contribution in [0.1, 0.15) is 37.0 Å². The van der Waals surface area contributed by atoms with Crippen molar-refractivity contribution in [1.82, 2.24) is 10.6 Å². The summed E-state index contributed by atoms with van der Waals surface area (Å²) < 4.78 is 11.2. The predicted molar refractivity (Wildman–Crippen MR) is 132 cm³/mol. The number of benzene rings is 3. The van der Waals surface area contributed by atoms with E-state index < -0.39 is 12.1 Å². The second-order valence-corrected chi connectivity index (χ2v) is 8.20. The fourth-order valence-electron chi connectivity index (χ4n) is 3.26. The molecule has 2 N–H and O–H groups in total. The Morgan fingerprint density at radius 2 is 1.35 bits per heavy atom. The number of hydrogen-bond acceptors (Lipinski definition) is 4. The molecule has 0 unspecified atom stereocenters. The molecule has 2 amide bonds. The van der Waals surface area contributed by atoms with Crippen molar-refractivity contribution < 1.29 is 19.1 Å². The molecule has 0 aliphatic carbocycles. The maximum Gasteiger partial charge on any atom is 0.408 e. The fraction of sp³-hybridized carbons (Fsp3) is 0.286. The highest BCUT2D eigenvalue weighted by molar-refractivity contribution is 5.86. The number of carbonyl (C=O) groups excluding carboxylic acids is 2. The van der Waals surface area contributed by atoms with E-state index in [0.29, 0.717) is 13.0 Å². The van der Waals surface area contributed by atoms with E-state index in [1.165, 1.54) is 0 Å². The van der Waals surface area contributed by atoms with Crippen LogP contribution in [-0.2, 0) is 29.2 Å². The predicted octanol–water partition coefficient (Wildman–Crippen LogP) is 5.02. The molecule has 178 valence electrons. The van der Waals surface area contributed by atoms with Gasteiger partial charge in [0.25, 0.3) is 0 Å². The maximum absolute atomic E-state index is 12.8. The van der Waals surface area contributed by atoms with Gasteiger partial charge in [-0.15, -0.1) is 0 Å². The lowest BCUT2D eigenvalue weighted by Gasteiger charge is -2.21. The SMILES string of the molecule is CC[C@H](C)NC(=O)[C@@H](Cc1ccc(OCc2ccccc2)cc1)NC(=O)OCc1ccccc1. The first-order valence-corrected chi connectivity index (χ1v) is 11.6. The van der Waals surface area contributed by atoms with Crippen molar-refractivity contribution in [2.45, 2.75) is 52.0 Å².